The fourth-order valence-electron chi connectivity index (χ4n) is 0.840. The average molecular weight is 223 g/mol. The van der Waals surface area contributed by atoms with Crippen LogP contribution >= 0.6 is 0 Å². The molecule has 4 nitrogen and oxygen atoms in total. The molecule has 0 saturated carbocycles. The highest BCUT2D eigenvalue weighted by molar-refractivity contribution is 5.83. The molecule has 1 aromatic rings. The molecule has 0 bridgehead atoms. The monoisotopic (exact) mass is 223 g/mol. The molecule has 16 heavy (non-hydrogen) atoms. The molecular weight excluding hydrogens is 206 g/mol. The van der Waals surface area contributed by atoms with Crippen LogP contribution in [0.2, 0.25) is 0 Å². The molecule has 0 spiro atoms. The number of rotatable bonds is 3. The lowest BCUT2D eigenvalue weighted by molar-refractivity contribution is -0.122. The Kier molecular flexibility index (Phi) is 6.59. The number of nitrogen functional groups attached to an aromatic ring is 1. The van der Waals surface area contributed by atoms with Gasteiger partial charge in [-0.15, -0.1) is 0 Å². The summed E-state index contributed by atoms with van der Waals surface area (Å²) >= 11 is 0. The van der Waals surface area contributed by atoms with Crippen LogP contribution in [0.1, 0.15) is 26.7 Å². The summed E-state index contributed by atoms with van der Waals surface area (Å²) in [5, 5.41) is 8.79. The number of nitrogens with two attached hydrogens (primary N) is 1. The Bertz CT molecular complexity index is 326. The van der Waals surface area contributed by atoms with Crippen molar-refractivity contribution in [2.75, 3.05) is 5.73 Å². The van der Waals surface area contributed by atoms with E-state index in [1.165, 1.54) is 13.8 Å². The first kappa shape index (κ1) is 14.2. The SMILES string of the molecule is CC(=O)CCC(C)=O.Nc1ccccc1O. The second-order valence-electron chi connectivity index (χ2n) is 3.46. The van der Waals surface area contributed by atoms with Gasteiger partial charge in [0.1, 0.15) is 17.3 Å². The zero-order valence-electron chi connectivity index (χ0n) is 9.56. The zero-order chi connectivity index (χ0) is 12.6. The normalized spacial score (nSPS) is 8.88. The Hall–Kier alpha value is -1.84. The number of para-hydroxylation sites is 2. The number of benzene rings is 1. The summed E-state index contributed by atoms with van der Waals surface area (Å²) in [5.41, 5.74) is 5.69. The first-order chi connectivity index (χ1) is 7.43. The van der Waals surface area contributed by atoms with Crippen LogP contribution in [0.5, 0.6) is 5.75 Å². The first-order valence-electron chi connectivity index (χ1n) is 4.95. The summed E-state index contributed by atoms with van der Waals surface area (Å²) in [6.45, 7) is 2.98. The molecule has 0 unspecified atom stereocenters. The summed E-state index contributed by atoms with van der Waals surface area (Å²) in [4.78, 5) is 20.4. The van der Waals surface area contributed by atoms with E-state index in [1.54, 1.807) is 24.3 Å². The third-order valence-electron chi connectivity index (χ3n) is 1.77. The van der Waals surface area contributed by atoms with Crippen LogP contribution in [-0.4, -0.2) is 16.7 Å². The van der Waals surface area contributed by atoms with Gasteiger partial charge < -0.3 is 20.4 Å². The Labute approximate surface area is 95.1 Å². The van der Waals surface area contributed by atoms with Crippen LogP contribution in [0.3, 0.4) is 0 Å². The number of carbonyl (C=O) groups is 2. The van der Waals surface area contributed by atoms with Crippen LogP contribution in [0, 0.1) is 0 Å². The van der Waals surface area contributed by atoms with Gasteiger partial charge in [0.15, 0.2) is 0 Å². The number of phenols is 1. The fourth-order valence-corrected chi connectivity index (χ4v) is 0.840. The predicted octanol–water partition coefficient (Wildman–Crippen LogP) is 1.92. The van der Waals surface area contributed by atoms with Gasteiger partial charge in [-0.05, 0) is 26.0 Å². The van der Waals surface area contributed by atoms with Gasteiger partial charge >= 0.3 is 0 Å². The maximum atomic E-state index is 10.2. The summed E-state index contributed by atoms with van der Waals surface area (Å²) in [7, 11) is 0. The van der Waals surface area contributed by atoms with Crippen LogP contribution in [0.15, 0.2) is 24.3 Å². The molecule has 1 aromatic carbocycles. The molecule has 0 radical (unpaired) electrons. The van der Waals surface area contributed by atoms with E-state index in [1.807, 2.05) is 0 Å². The second kappa shape index (κ2) is 7.45. The van der Waals surface area contributed by atoms with Gasteiger partial charge in [0, 0.05) is 12.8 Å². The number of hydrogen-bond donors (Lipinski definition) is 2. The van der Waals surface area contributed by atoms with E-state index in [9.17, 15) is 9.59 Å². The standard InChI is InChI=1S/C6H7NO.C6H10O2/c7-5-3-1-2-4-6(5)8;1-5(7)3-4-6(2)8/h1-4,8H,7H2;3-4H2,1-2H3. The van der Waals surface area contributed by atoms with Crippen molar-refractivity contribution in [1.29, 1.82) is 0 Å². The molecule has 3 N–H and O–H groups in total. The summed E-state index contributed by atoms with van der Waals surface area (Å²) in [5.74, 6) is 0.313. The van der Waals surface area contributed by atoms with Gasteiger partial charge in [-0.25, -0.2) is 0 Å². The minimum absolute atomic E-state index is 0.0835. The average Bonchev–Trinajstić information content (AvgIpc) is 2.20. The quantitative estimate of drug-likeness (QED) is 0.606. The van der Waals surface area contributed by atoms with E-state index < -0.39 is 0 Å². The second-order valence-corrected chi connectivity index (χ2v) is 3.46. The largest absolute Gasteiger partial charge is 0.506 e. The number of anilines is 1. The molecule has 4 heteroatoms. The van der Waals surface area contributed by atoms with E-state index >= 15 is 0 Å². The molecule has 0 heterocycles. The van der Waals surface area contributed by atoms with Crippen molar-refractivity contribution >= 4 is 17.3 Å². The number of Topliss-reactive ketones (excluding diaryl/α,β-unsaturated/α-hetero) is 2. The Morgan fingerprint density at radius 2 is 1.56 bits per heavy atom. The molecule has 0 saturated heterocycles. The summed E-state index contributed by atoms with van der Waals surface area (Å²) in [6.07, 6.45) is 0.796. The van der Waals surface area contributed by atoms with Crippen molar-refractivity contribution in [2.45, 2.75) is 26.7 Å². The molecule has 0 fully saturated rings. The van der Waals surface area contributed by atoms with E-state index in [4.69, 9.17) is 10.8 Å². The summed E-state index contributed by atoms with van der Waals surface area (Å²) < 4.78 is 0. The lowest BCUT2D eigenvalue weighted by Gasteiger charge is -1.92. The van der Waals surface area contributed by atoms with E-state index in [2.05, 4.69) is 0 Å². The molecule has 88 valence electrons. The van der Waals surface area contributed by atoms with Crippen molar-refractivity contribution in [2.24, 2.45) is 0 Å². The van der Waals surface area contributed by atoms with Gasteiger partial charge in [0.2, 0.25) is 0 Å². The minimum Gasteiger partial charge on any atom is -0.506 e. The predicted molar refractivity (Wildman–Crippen MR) is 63.1 cm³/mol. The van der Waals surface area contributed by atoms with Gasteiger partial charge in [0.25, 0.3) is 0 Å². The molecule has 0 aliphatic carbocycles. The number of hydrogen-bond acceptors (Lipinski definition) is 4. The van der Waals surface area contributed by atoms with Crippen molar-refractivity contribution < 1.29 is 14.7 Å². The van der Waals surface area contributed by atoms with Crippen molar-refractivity contribution in [1.82, 2.24) is 0 Å². The molecule has 0 aliphatic rings. The van der Waals surface area contributed by atoms with Crippen LogP contribution in [0.4, 0.5) is 5.69 Å². The first-order valence-corrected chi connectivity index (χ1v) is 4.95. The molecule has 0 aliphatic heterocycles. The highest BCUT2D eigenvalue weighted by atomic mass is 16.3. The van der Waals surface area contributed by atoms with Crippen LogP contribution in [0.25, 0.3) is 0 Å². The molecule has 0 amide bonds. The molecule has 0 aromatic heterocycles. The minimum atomic E-state index is 0.0835. The summed E-state index contributed by atoms with van der Waals surface area (Å²) in [6, 6.07) is 6.70. The molecular formula is C12H17NO3. The maximum Gasteiger partial charge on any atom is 0.138 e. The highest BCUT2D eigenvalue weighted by Crippen LogP contribution is 2.16. The number of aromatic hydroxyl groups is 1. The van der Waals surface area contributed by atoms with Crippen molar-refractivity contribution in [3.63, 3.8) is 0 Å². The fraction of sp³-hybridized carbons (Fsp3) is 0.333. The lowest BCUT2D eigenvalue weighted by Crippen LogP contribution is -1.95. The van der Waals surface area contributed by atoms with E-state index in [0.29, 0.717) is 18.5 Å². The zero-order valence-corrected chi connectivity index (χ0v) is 9.56. The van der Waals surface area contributed by atoms with Crippen molar-refractivity contribution in [3.8, 4) is 5.75 Å². The van der Waals surface area contributed by atoms with Crippen molar-refractivity contribution in [3.05, 3.63) is 24.3 Å². The third-order valence-corrected chi connectivity index (χ3v) is 1.77. The topological polar surface area (TPSA) is 80.4 Å². The Morgan fingerprint density at radius 3 is 1.81 bits per heavy atom. The number of ketones is 2. The van der Waals surface area contributed by atoms with Crippen LogP contribution in [-0.2, 0) is 9.59 Å². The van der Waals surface area contributed by atoms with Gasteiger partial charge in [-0.1, -0.05) is 12.1 Å². The van der Waals surface area contributed by atoms with E-state index in [-0.39, 0.29) is 17.3 Å². The van der Waals surface area contributed by atoms with E-state index in [0.717, 1.165) is 0 Å². The third kappa shape index (κ3) is 7.55. The Balaban J connectivity index is 0.000000281. The lowest BCUT2D eigenvalue weighted by atomic mass is 10.2. The van der Waals surface area contributed by atoms with Crippen LogP contribution < -0.4 is 5.73 Å². The van der Waals surface area contributed by atoms with Gasteiger partial charge in [-0.2, -0.15) is 0 Å². The van der Waals surface area contributed by atoms with Gasteiger partial charge in [0.05, 0.1) is 5.69 Å². The number of carbonyl (C=O) groups excluding carboxylic acids is 2. The highest BCUT2D eigenvalue weighted by Gasteiger charge is 1.95. The maximum absolute atomic E-state index is 10.2. The Morgan fingerprint density at radius 1 is 1.12 bits per heavy atom. The number of phenolic OH excluding ortho intramolecular Hbond substituents is 1. The van der Waals surface area contributed by atoms with Gasteiger partial charge in [-0.3, -0.25) is 0 Å². The smallest absolute Gasteiger partial charge is 0.138 e. The molecule has 0 atom stereocenters. The molecule has 1 rings (SSSR count).